The SMILES string of the molecule is CCCc1nc(Cl)cc(N(CCCO)C2CCC2)n1. The van der Waals surface area contributed by atoms with Gasteiger partial charge in [-0.15, -0.1) is 0 Å². The van der Waals surface area contributed by atoms with Crippen LogP contribution in [0.1, 0.15) is 44.9 Å². The number of nitrogens with zero attached hydrogens (tertiary/aromatic N) is 3. The predicted octanol–water partition coefficient (Wildman–Crippen LogP) is 2.82. The minimum atomic E-state index is 0.212. The summed E-state index contributed by atoms with van der Waals surface area (Å²) in [4.78, 5) is 11.2. The van der Waals surface area contributed by atoms with Gasteiger partial charge in [-0.1, -0.05) is 18.5 Å². The van der Waals surface area contributed by atoms with Gasteiger partial charge >= 0.3 is 0 Å². The van der Waals surface area contributed by atoms with Gasteiger partial charge in [-0.05, 0) is 32.1 Å². The largest absolute Gasteiger partial charge is 0.396 e. The zero-order valence-corrected chi connectivity index (χ0v) is 12.2. The van der Waals surface area contributed by atoms with Gasteiger partial charge in [0.15, 0.2) is 0 Å². The molecule has 1 aliphatic rings. The number of rotatable bonds is 7. The smallest absolute Gasteiger partial charge is 0.134 e. The van der Waals surface area contributed by atoms with Crippen molar-refractivity contribution in [1.29, 1.82) is 0 Å². The molecule has 106 valence electrons. The molecule has 5 heteroatoms. The van der Waals surface area contributed by atoms with Gasteiger partial charge in [0.1, 0.15) is 16.8 Å². The van der Waals surface area contributed by atoms with Crippen LogP contribution in [0, 0.1) is 0 Å². The first-order valence-corrected chi connectivity index (χ1v) is 7.53. The van der Waals surface area contributed by atoms with Gasteiger partial charge in [0, 0.05) is 31.7 Å². The molecule has 0 aromatic carbocycles. The van der Waals surface area contributed by atoms with Crippen molar-refractivity contribution in [3.05, 3.63) is 17.0 Å². The monoisotopic (exact) mass is 283 g/mol. The molecule has 19 heavy (non-hydrogen) atoms. The molecule has 2 rings (SSSR count). The zero-order valence-electron chi connectivity index (χ0n) is 11.5. The average molecular weight is 284 g/mol. The number of aliphatic hydroxyl groups is 1. The summed E-state index contributed by atoms with van der Waals surface area (Å²) in [5, 5.41) is 9.56. The minimum Gasteiger partial charge on any atom is -0.396 e. The first-order valence-electron chi connectivity index (χ1n) is 7.15. The van der Waals surface area contributed by atoms with Crippen LogP contribution in [0.3, 0.4) is 0 Å². The number of halogens is 1. The fourth-order valence-electron chi connectivity index (χ4n) is 2.36. The zero-order chi connectivity index (χ0) is 13.7. The standard InChI is InChI=1S/C14H22ClN3O/c1-2-5-13-16-12(15)10-14(17-13)18(8-4-9-19)11-6-3-7-11/h10-11,19H,2-9H2,1H3. The van der Waals surface area contributed by atoms with Crippen LogP contribution in [0.5, 0.6) is 0 Å². The van der Waals surface area contributed by atoms with Crippen LogP contribution >= 0.6 is 11.6 Å². The number of aliphatic hydroxyl groups excluding tert-OH is 1. The van der Waals surface area contributed by atoms with Gasteiger partial charge < -0.3 is 10.0 Å². The van der Waals surface area contributed by atoms with Gasteiger partial charge in [-0.3, -0.25) is 0 Å². The lowest BCUT2D eigenvalue weighted by Crippen LogP contribution is -2.41. The highest BCUT2D eigenvalue weighted by Gasteiger charge is 2.26. The molecule has 0 radical (unpaired) electrons. The first-order chi connectivity index (χ1) is 9.24. The third kappa shape index (κ3) is 3.80. The van der Waals surface area contributed by atoms with Crippen molar-refractivity contribution in [3.8, 4) is 0 Å². The van der Waals surface area contributed by atoms with Crippen LogP contribution in [0.4, 0.5) is 5.82 Å². The van der Waals surface area contributed by atoms with E-state index in [2.05, 4.69) is 21.8 Å². The molecule has 0 bridgehead atoms. The lowest BCUT2D eigenvalue weighted by atomic mass is 9.91. The predicted molar refractivity (Wildman–Crippen MR) is 77.7 cm³/mol. The molecule has 1 N–H and O–H groups in total. The summed E-state index contributed by atoms with van der Waals surface area (Å²) in [5.41, 5.74) is 0. The van der Waals surface area contributed by atoms with Crippen LogP contribution in [0.15, 0.2) is 6.07 Å². The highest BCUT2D eigenvalue weighted by Crippen LogP contribution is 2.29. The van der Waals surface area contributed by atoms with E-state index < -0.39 is 0 Å². The van der Waals surface area contributed by atoms with Gasteiger partial charge in [0.25, 0.3) is 0 Å². The second kappa shape index (κ2) is 7.06. The molecule has 0 amide bonds. The van der Waals surface area contributed by atoms with Crippen LogP contribution in [-0.2, 0) is 6.42 Å². The number of aromatic nitrogens is 2. The van der Waals surface area contributed by atoms with E-state index in [1.165, 1.54) is 19.3 Å². The van der Waals surface area contributed by atoms with Gasteiger partial charge in [0.2, 0.25) is 0 Å². The van der Waals surface area contributed by atoms with Gasteiger partial charge in [-0.25, -0.2) is 9.97 Å². The van der Waals surface area contributed by atoms with Crippen molar-refractivity contribution >= 4 is 17.4 Å². The Labute approximate surface area is 119 Å². The molecule has 1 fully saturated rings. The summed E-state index contributed by atoms with van der Waals surface area (Å²) in [7, 11) is 0. The molecule has 1 aromatic heterocycles. The van der Waals surface area contributed by atoms with Crippen molar-refractivity contribution in [2.75, 3.05) is 18.1 Å². The van der Waals surface area contributed by atoms with E-state index in [0.717, 1.165) is 37.4 Å². The molecule has 0 atom stereocenters. The number of hydrogen-bond donors (Lipinski definition) is 1. The maximum absolute atomic E-state index is 9.04. The Morgan fingerprint density at radius 1 is 1.42 bits per heavy atom. The van der Waals surface area contributed by atoms with Crippen LogP contribution in [-0.4, -0.2) is 34.3 Å². The molecule has 1 aromatic rings. The lowest BCUT2D eigenvalue weighted by Gasteiger charge is -2.38. The maximum atomic E-state index is 9.04. The lowest BCUT2D eigenvalue weighted by molar-refractivity contribution is 0.282. The number of aryl methyl sites for hydroxylation is 1. The topological polar surface area (TPSA) is 49.2 Å². The van der Waals surface area contributed by atoms with Crippen LogP contribution in [0.2, 0.25) is 5.15 Å². The van der Waals surface area contributed by atoms with E-state index in [1.807, 2.05) is 6.07 Å². The van der Waals surface area contributed by atoms with Crippen molar-refractivity contribution in [2.45, 2.75) is 51.5 Å². The molecule has 0 unspecified atom stereocenters. The Kier molecular flexibility index (Phi) is 5.40. The van der Waals surface area contributed by atoms with E-state index >= 15 is 0 Å². The normalized spacial score (nSPS) is 15.3. The Bertz CT molecular complexity index is 410. The third-order valence-electron chi connectivity index (χ3n) is 3.57. The molecule has 0 saturated heterocycles. The van der Waals surface area contributed by atoms with Crippen LogP contribution in [0.25, 0.3) is 0 Å². The van der Waals surface area contributed by atoms with E-state index in [9.17, 15) is 0 Å². The van der Waals surface area contributed by atoms with E-state index in [4.69, 9.17) is 16.7 Å². The molecule has 0 aliphatic heterocycles. The molecule has 1 aliphatic carbocycles. The summed E-state index contributed by atoms with van der Waals surface area (Å²) in [5.74, 6) is 1.74. The maximum Gasteiger partial charge on any atom is 0.134 e. The second-order valence-electron chi connectivity index (χ2n) is 5.07. The van der Waals surface area contributed by atoms with Crippen molar-refractivity contribution in [3.63, 3.8) is 0 Å². The molecule has 1 heterocycles. The minimum absolute atomic E-state index is 0.212. The van der Waals surface area contributed by atoms with Gasteiger partial charge in [0.05, 0.1) is 0 Å². The summed E-state index contributed by atoms with van der Waals surface area (Å²) in [6.07, 6.45) is 6.32. The third-order valence-corrected chi connectivity index (χ3v) is 3.76. The quantitative estimate of drug-likeness (QED) is 0.782. The van der Waals surface area contributed by atoms with Crippen molar-refractivity contribution in [2.24, 2.45) is 0 Å². The molecule has 0 spiro atoms. The summed E-state index contributed by atoms with van der Waals surface area (Å²) >= 11 is 6.10. The van der Waals surface area contributed by atoms with E-state index in [-0.39, 0.29) is 6.61 Å². The Balaban J connectivity index is 2.18. The number of hydrogen-bond acceptors (Lipinski definition) is 4. The Hall–Kier alpha value is -0.870. The van der Waals surface area contributed by atoms with Gasteiger partial charge in [-0.2, -0.15) is 0 Å². The molecular weight excluding hydrogens is 262 g/mol. The van der Waals surface area contributed by atoms with Crippen molar-refractivity contribution < 1.29 is 5.11 Å². The first kappa shape index (κ1) is 14.5. The molecule has 4 nitrogen and oxygen atoms in total. The summed E-state index contributed by atoms with van der Waals surface area (Å²) in [6.45, 7) is 3.16. The van der Waals surface area contributed by atoms with Crippen molar-refractivity contribution in [1.82, 2.24) is 9.97 Å². The number of anilines is 1. The fraction of sp³-hybridized carbons (Fsp3) is 0.714. The molecule has 1 saturated carbocycles. The second-order valence-corrected chi connectivity index (χ2v) is 5.46. The Morgan fingerprint density at radius 3 is 2.79 bits per heavy atom. The summed E-state index contributed by atoms with van der Waals surface area (Å²) < 4.78 is 0. The highest BCUT2D eigenvalue weighted by molar-refractivity contribution is 6.29. The molecular formula is C14H22ClN3O. The summed E-state index contributed by atoms with van der Waals surface area (Å²) in [6, 6.07) is 2.39. The highest BCUT2D eigenvalue weighted by atomic mass is 35.5. The average Bonchev–Trinajstić information content (AvgIpc) is 2.31. The van der Waals surface area contributed by atoms with E-state index in [0.29, 0.717) is 11.2 Å². The fourth-order valence-corrected chi connectivity index (χ4v) is 2.55. The van der Waals surface area contributed by atoms with Crippen LogP contribution < -0.4 is 4.90 Å². The van der Waals surface area contributed by atoms with E-state index in [1.54, 1.807) is 0 Å². The Morgan fingerprint density at radius 2 is 2.21 bits per heavy atom.